The number of carbonyl (C=O) groups is 2. The number of aliphatic hydroxyl groups excluding tert-OH is 1. The monoisotopic (exact) mass is 270 g/mol. The van der Waals surface area contributed by atoms with Crippen LogP contribution in [0.25, 0.3) is 0 Å². The highest BCUT2D eigenvalue weighted by molar-refractivity contribution is 5.93. The van der Waals surface area contributed by atoms with Gasteiger partial charge < -0.3 is 25.4 Å². The van der Waals surface area contributed by atoms with Gasteiger partial charge in [0.05, 0.1) is 12.6 Å². The van der Waals surface area contributed by atoms with Crippen molar-refractivity contribution in [2.75, 3.05) is 13.2 Å². The highest BCUT2D eigenvalue weighted by Crippen LogP contribution is 2.20. The number of aliphatic carboxylic acids is 1. The zero-order valence-corrected chi connectivity index (χ0v) is 10.00. The summed E-state index contributed by atoms with van der Waals surface area (Å²) in [7, 11) is 0. The fourth-order valence-corrected chi connectivity index (χ4v) is 1.77. The number of nitrogens with one attached hydrogen (secondary N) is 2. The molecule has 1 amide bonds. The first kappa shape index (κ1) is 13.4. The Bertz CT molecular complexity index is 468. The number of amides is 1. The maximum Gasteiger partial charge on any atom is 0.328 e. The summed E-state index contributed by atoms with van der Waals surface area (Å²) in [5, 5.41) is 26.2. The van der Waals surface area contributed by atoms with E-state index in [0.29, 0.717) is 5.89 Å². The molecule has 19 heavy (non-hydrogen) atoms. The Morgan fingerprint density at radius 3 is 2.95 bits per heavy atom. The minimum atomic E-state index is -1.39. The van der Waals surface area contributed by atoms with Gasteiger partial charge in [-0.25, -0.2) is 4.79 Å². The van der Waals surface area contributed by atoms with Crippen molar-refractivity contribution in [1.29, 1.82) is 0 Å². The van der Waals surface area contributed by atoms with Crippen molar-refractivity contribution in [3.8, 4) is 0 Å². The number of nitrogens with zero attached hydrogens (tertiary/aromatic N) is 2. The molecule has 1 aliphatic heterocycles. The highest BCUT2D eigenvalue weighted by Gasteiger charge is 2.26. The molecular weight excluding hydrogens is 256 g/mol. The zero-order valence-electron chi connectivity index (χ0n) is 10.00. The van der Waals surface area contributed by atoms with E-state index in [2.05, 4.69) is 20.8 Å². The molecular formula is C10H14N4O5. The SMILES string of the molecule is O=C(NC(CO)C(=O)O)c1noc(C2CCCN2)n1. The summed E-state index contributed by atoms with van der Waals surface area (Å²) in [5.41, 5.74) is 0. The highest BCUT2D eigenvalue weighted by atomic mass is 16.5. The number of carboxylic acids is 1. The van der Waals surface area contributed by atoms with Crippen molar-refractivity contribution in [3.63, 3.8) is 0 Å². The molecule has 0 bridgehead atoms. The van der Waals surface area contributed by atoms with Gasteiger partial charge in [-0.1, -0.05) is 5.16 Å². The molecule has 0 aromatic carbocycles. The van der Waals surface area contributed by atoms with E-state index < -0.39 is 24.5 Å². The molecule has 9 heteroatoms. The van der Waals surface area contributed by atoms with Crippen molar-refractivity contribution in [2.24, 2.45) is 0 Å². The molecule has 2 unspecified atom stereocenters. The van der Waals surface area contributed by atoms with E-state index in [0.717, 1.165) is 19.4 Å². The number of rotatable bonds is 5. The first-order valence-electron chi connectivity index (χ1n) is 5.83. The maximum atomic E-state index is 11.7. The molecule has 9 nitrogen and oxygen atoms in total. The van der Waals surface area contributed by atoms with Crippen LogP contribution in [0.3, 0.4) is 0 Å². The van der Waals surface area contributed by atoms with Crippen molar-refractivity contribution in [1.82, 2.24) is 20.8 Å². The molecule has 4 N–H and O–H groups in total. The van der Waals surface area contributed by atoms with Gasteiger partial charge in [0, 0.05) is 0 Å². The summed E-state index contributed by atoms with van der Waals surface area (Å²) in [4.78, 5) is 26.2. The molecule has 2 heterocycles. The predicted octanol–water partition coefficient (Wildman–Crippen LogP) is -1.33. The van der Waals surface area contributed by atoms with Gasteiger partial charge in [0.2, 0.25) is 5.89 Å². The Hall–Kier alpha value is -2.00. The number of hydrogen-bond acceptors (Lipinski definition) is 7. The summed E-state index contributed by atoms with van der Waals surface area (Å²) < 4.78 is 4.95. The Morgan fingerprint density at radius 1 is 1.58 bits per heavy atom. The molecule has 2 rings (SSSR count). The van der Waals surface area contributed by atoms with Crippen LogP contribution in [0, 0.1) is 0 Å². The molecule has 104 valence electrons. The summed E-state index contributed by atoms with van der Waals surface area (Å²) >= 11 is 0. The second-order valence-corrected chi connectivity index (χ2v) is 4.15. The van der Waals surface area contributed by atoms with E-state index in [1.165, 1.54) is 0 Å². The minimum Gasteiger partial charge on any atom is -0.480 e. The first-order chi connectivity index (χ1) is 9.11. The van der Waals surface area contributed by atoms with Gasteiger partial charge >= 0.3 is 5.97 Å². The molecule has 1 aliphatic rings. The van der Waals surface area contributed by atoms with Crippen LogP contribution in [0.4, 0.5) is 0 Å². The summed E-state index contributed by atoms with van der Waals surface area (Å²) in [6.45, 7) is 0.135. The molecule has 2 atom stereocenters. The van der Waals surface area contributed by atoms with Gasteiger partial charge in [-0.05, 0) is 19.4 Å². The molecule has 1 saturated heterocycles. The maximum absolute atomic E-state index is 11.7. The average Bonchev–Trinajstić information content (AvgIpc) is 3.04. The van der Waals surface area contributed by atoms with Crippen molar-refractivity contribution >= 4 is 11.9 Å². The molecule has 0 radical (unpaired) electrons. The molecule has 0 aliphatic carbocycles. The second-order valence-electron chi connectivity index (χ2n) is 4.15. The average molecular weight is 270 g/mol. The Morgan fingerprint density at radius 2 is 2.37 bits per heavy atom. The molecule has 1 aromatic heterocycles. The van der Waals surface area contributed by atoms with Crippen molar-refractivity contribution in [2.45, 2.75) is 24.9 Å². The fourth-order valence-electron chi connectivity index (χ4n) is 1.77. The van der Waals surface area contributed by atoms with Crippen LogP contribution in [0.15, 0.2) is 4.52 Å². The lowest BCUT2D eigenvalue weighted by Gasteiger charge is -2.09. The van der Waals surface area contributed by atoms with Gasteiger partial charge in [-0.2, -0.15) is 4.98 Å². The standard InChI is InChI=1S/C10H14N4O5/c15-4-6(10(17)18)12-8(16)7-13-9(19-14-7)5-2-1-3-11-5/h5-6,11,15H,1-4H2,(H,12,16)(H,17,18). The quantitative estimate of drug-likeness (QED) is 0.516. The first-order valence-corrected chi connectivity index (χ1v) is 5.83. The van der Waals surface area contributed by atoms with Crippen LogP contribution in [0.2, 0.25) is 0 Å². The fraction of sp³-hybridized carbons (Fsp3) is 0.600. The molecule has 0 saturated carbocycles. The lowest BCUT2D eigenvalue weighted by molar-refractivity contribution is -0.140. The van der Waals surface area contributed by atoms with Gasteiger partial charge in [0.1, 0.15) is 0 Å². The number of carbonyl (C=O) groups excluding carboxylic acids is 1. The number of carboxylic acid groups (broad SMARTS) is 1. The normalized spacial score (nSPS) is 20.2. The van der Waals surface area contributed by atoms with Crippen LogP contribution in [-0.2, 0) is 4.79 Å². The van der Waals surface area contributed by atoms with Gasteiger partial charge in [-0.15, -0.1) is 0 Å². The van der Waals surface area contributed by atoms with Crippen molar-refractivity contribution in [3.05, 3.63) is 11.7 Å². The number of aromatic nitrogens is 2. The van der Waals surface area contributed by atoms with Gasteiger partial charge in [-0.3, -0.25) is 4.79 Å². The van der Waals surface area contributed by atoms with E-state index >= 15 is 0 Å². The predicted molar refractivity (Wildman–Crippen MR) is 60.3 cm³/mol. The van der Waals surface area contributed by atoms with Gasteiger partial charge in [0.25, 0.3) is 11.7 Å². The lowest BCUT2D eigenvalue weighted by Crippen LogP contribution is -2.43. The van der Waals surface area contributed by atoms with Crippen LogP contribution >= 0.6 is 0 Å². The Labute approximate surface area is 108 Å². The summed E-state index contributed by atoms with van der Waals surface area (Å²) in [6.07, 6.45) is 1.83. The third kappa shape index (κ3) is 3.06. The van der Waals surface area contributed by atoms with E-state index in [9.17, 15) is 9.59 Å². The molecule has 0 spiro atoms. The van der Waals surface area contributed by atoms with E-state index in [1.807, 2.05) is 0 Å². The number of hydrogen-bond donors (Lipinski definition) is 4. The van der Waals surface area contributed by atoms with E-state index in [1.54, 1.807) is 0 Å². The minimum absolute atomic E-state index is 0.0674. The van der Waals surface area contributed by atoms with Crippen molar-refractivity contribution < 1.29 is 24.3 Å². The van der Waals surface area contributed by atoms with Crippen LogP contribution in [0.5, 0.6) is 0 Å². The van der Waals surface area contributed by atoms with Gasteiger partial charge in [0.15, 0.2) is 6.04 Å². The third-order valence-corrected chi connectivity index (χ3v) is 2.79. The third-order valence-electron chi connectivity index (χ3n) is 2.79. The molecule has 1 fully saturated rings. The topological polar surface area (TPSA) is 138 Å². The summed E-state index contributed by atoms with van der Waals surface area (Å²) in [6, 6.07) is -1.46. The van der Waals surface area contributed by atoms with Crippen LogP contribution < -0.4 is 10.6 Å². The molecule has 1 aromatic rings. The van der Waals surface area contributed by atoms with E-state index in [-0.39, 0.29) is 11.9 Å². The van der Waals surface area contributed by atoms with Crippen LogP contribution in [-0.4, -0.2) is 51.4 Å². The Kier molecular flexibility index (Phi) is 4.07. The van der Waals surface area contributed by atoms with E-state index in [4.69, 9.17) is 14.7 Å². The smallest absolute Gasteiger partial charge is 0.328 e. The summed E-state index contributed by atoms with van der Waals surface area (Å²) in [5.74, 6) is -2.08. The Balaban J connectivity index is 2.01. The lowest BCUT2D eigenvalue weighted by atomic mass is 10.2. The zero-order chi connectivity index (χ0) is 13.8. The largest absolute Gasteiger partial charge is 0.480 e. The second kappa shape index (κ2) is 5.76. The van der Waals surface area contributed by atoms with Crippen LogP contribution in [0.1, 0.15) is 35.4 Å². The number of aliphatic hydroxyl groups is 1.